The van der Waals surface area contributed by atoms with Crippen LogP contribution in [0, 0.1) is 0 Å². The highest BCUT2D eigenvalue weighted by atomic mass is 16.5. The molecule has 16 heavy (non-hydrogen) atoms. The second kappa shape index (κ2) is 3.57. The zero-order chi connectivity index (χ0) is 11.0. The molecule has 0 bridgehead atoms. The minimum atomic E-state index is 0.488. The average Bonchev–Trinajstić information content (AvgIpc) is 2.75. The quantitative estimate of drug-likeness (QED) is 0.784. The lowest BCUT2D eigenvalue weighted by Crippen LogP contribution is -1.93. The highest BCUT2D eigenvalue weighted by Gasteiger charge is 2.12. The second-order valence-electron chi connectivity index (χ2n) is 3.80. The molecule has 2 heterocycles. The topological polar surface area (TPSA) is 61.0 Å². The predicted octanol–water partition coefficient (Wildman–Crippen LogP) is 1.76. The summed E-state index contributed by atoms with van der Waals surface area (Å²) in [6, 6.07) is 7.99. The molecule has 4 heteroatoms. The van der Waals surface area contributed by atoms with E-state index in [0.29, 0.717) is 19.0 Å². The molecule has 0 saturated carbocycles. The summed E-state index contributed by atoms with van der Waals surface area (Å²) in [5.41, 5.74) is 10.0. The molecule has 0 spiro atoms. The van der Waals surface area contributed by atoms with E-state index in [1.165, 1.54) is 17.5 Å². The Morgan fingerprint density at radius 1 is 1.06 bits per heavy atom. The number of rotatable bonds is 1. The Bertz CT molecular complexity index is 540. The highest BCUT2D eigenvalue weighted by molar-refractivity contribution is 5.63. The fourth-order valence-corrected chi connectivity index (χ4v) is 1.86. The summed E-state index contributed by atoms with van der Waals surface area (Å²) in [4.78, 5) is 8.08. The van der Waals surface area contributed by atoms with Gasteiger partial charge in [-0.15, -0.1) is 0 Å². The van der Waals surface area contributed by atoms with E-state index in [4.69, 9.17) is 10.5 Å². The lowest BCUT2D eigenvalue weighted by Gasteiger charge is -2.03. The second-order valence-corrected chi connectivity index (χ2v) is 3.80. The van der Waals surface area contributed by atoms with Gasteiger partial charge in [-0.3, -0.25) is 0 Å². The minimum Gasteiger partial charge on any atom is -0.384 e. The van der Waals surface area contributed by atoms with Crippen LogP contribution in [-0.2, 0) is 18.0 Å². The van der Waals surface area contributed by atoms with Crippen molar-refractivity contribution in [3.05, 3.63) is 41.7 Å². The first-order valence-electron chi connectivity index (χ1n) is 5.10. The van der Waals surface area contributed by atoms with Crippen LogP contribution in [0.25, 0.3) is 11.3 Å². The third-order valence-electron chi connectivity index (χ3n) is 2.71. The summed E-state index contributed by atoms with van der Waals surface area (Å²) in [7, 11) is 0. The van der Waals surface area contributed by atoms with E-state index in [2.05, 4.69) is 22.1 Å². The molecular formula is C12H11N3O. The van der Waals surface area contributed by atoms with Gasteiger partial charge in [-0.1, -0.05) is 12.1 Å². The summed E-state index contributed by atoms with van der Waals surface area (Å²) in [6.45, 7) is 1.39. The van der Waals surface area contributed by atoms with Gasteiger partial charge < -0.3 is 10.5 Å². The van der Waals surface area contributed by atoms with Gasteiger partial charge in [0.15, 0.2) is 0 Å². The highest BCUT2D eigenvalue weighted by Crippen LogP contribution is 2.26. The molecule has 0 saturated heterocycles. The summed E-state index contributed by atoms with van der Waals surface area (Å²) in [6.07, 6.45) is 1.48. The fraction of sp³-hybridized carbons (Fsp3) is 0.167. The van der Waals surface area contributed by atoms with Crippen molar-refractivity contribution < 1.29 is 4.74 Å². The first-order chi connectivity index (χ1) is 7.83. The molecule has 0 unspecified atom stereocenters. The van der Waals surface area contributed by atoms with Crippen molar-refractivity contribution >= 4 is 5.82 Å². The Labute approximate surface area is 93.1 Å². The maximum absolute atomic E-state index is 5.63. The summed E-state index contributed by atoms with van der Waals surface area (Å²) < 4.78 is 5.37. The Balaban J connectivity index is 2.07. The van der Waals surface area contributed by atoms with Crippen LogP contribution in [0.3, 0.4) is 0 Å². The molecule has 80 valence electrons. The molecule has 0 aliphatic carbocycles. The lowest BCUT2D eigenvalue weighted by atomic mass is 10.0. The van der Waals surface area contributed by atoms with Crippen LogP contribution < -0.4 is 5.73 Å². The van der Waals surface area contributed by atoms with Gasteiger partial charge in [0.1, 0.15) is 12.1 Å². The van der Waals surface area contributed by atoms with E-state index in [1.807, 2.05) is 6.07 Å². The van der Waals surface area contributed by atoms with E-state index in [9.17, 15) is 0 Å². The van der Waals surface area contributed by atoms with Crippen molar-refractivity contribution in [1.29, 1.82) is 0 Å². The third kappa shape index (κ3) is 1.53. The van der Waals surface area contributed by atoms with Crippen LogP contribution in [0.5, 0.6) is 0 Å². The number of nitrogens with zero attached hydrogens (tertiary/aromatic N) is 2. The van der Waals surface area contributed by atoms with Crippen LogP contribution in [0.15, 0.2) is 30.6 Å². The van der Waals surface area contributed by atoms with Gasteiger partial charge in [-0.05, 0) is 17.2 Å². The van der Waals surface area contributed by atoms with E-state index in [1.54, 1.807) is 6.07 Å². The van der Waals surface area contributed by atoms with Crippen molar-refractivity contribution in [1.82, 2.24) is 9.97 Å². The van der Waals surface area contributed by atoms with Crippen molar-refractivity contribution in [2.24, 2.45) is 0 Å². The SMILES string of the molecule is Nc1cc(-c2ccc3c(c2)COC3)ncn1. The van der Waals surface area contributed by atoms with Crippen molar-refractivity contribution in [3.63, 3.8) is 0 Å². The number of hydrogen-bond acceptors (Lipinski definition) is 4. The standard InChI is InChI=1S/C12H11N3O/c13-12-4-11(14-7-15-12)8-1-2-9-5-16-6-10(9)3-8/h1-4,7H,5-6H2,(H2,13,14,15). The van der Waals surface area contributed by atoms with Crippen LogP contribution >= 0.6 is 0 Å². The molecule has 0 atom stereocenters. The molecular weight excluding hydrogens is 202 g/mol. The number of benzene rings is 1. The van der Waals surface area contributed by atoms with Gasteiger partial charge in [0.2, 0.25) is 0 Å². The molecule has 2 N–H and O–H groups in total. The smallest absolute Gasteiger partial charge is 0.127 e. The molecule has 0 amide bonds. The average molecular weight is 213 g/mol. The molecule has 0 radical (unpaired) electrons. The number of nitrogen functional groups attached to an aromatic ring is 1. The Morgan fingerprint density at radius 3 is 2.81 bits per heavy atom. The summed E-state index contributed by atoms with van der Waals surface area (Å²) in [5, 5.41) is 0. The number of ether oxygens (including phenoxy) is 1. The van der Waals surface area contributed by atoms with Crippen LogP contribution in [0.4, 0.5) is 5.82 Å². The Kier molecular flexibility index (Phi) is 2.08. The fourth-order valence-electron chi connectivity index (χ4n) is 1.86. The van der Waals surface area contributed by atoms with E-state index in [-0.39, 0.29) is 0 Å². The zero-order valence-corrected chi connectivity index (χ0v) is 8.68. The zero-order valence-electron chi connectivity index (χ0n) is 8.68. The Morgan fingerprint density at radius 2 is 1.94 bits per heavy atom. The first kappa shape index (κ1) is 9.30. The van der Waals surface area contributed by atoms with Gasteiger partial charge in [-0.25, -0.2) is 9.97 Å². The summed E-state index contributed by atoms with van der Waals surface area (Å²) in [5.74, 6) is 0.488. The molecule has 3 rings (SSSR count). The lowest BCUT2D eigenvalue weighted by molar-refractivity contribution is 0.134. The van der Waals surface area contributed by atoms with Crippen molar-refractivity contribution in [3.8, 4) is 11.3 Å². The Hall–Kier alpha value is -1.94. The number of anilines is 1. The van der Waals surface area contributed by atoms with Gasteiger partial charge >= 0.3 is 0 Å². The predicted molar refractivity (Wildman–Crippen MR) is 60.4 cm³/mol. The number of aromatic nitrogens is 2. The normalized spacial score (nSPS) is 13.8. The van der Waals surface area contributed by atoms with E-state index < -0.39 is 0 Å². The largest absolute Gasteiger partial charge is 0.384 e. The molecule has 1 aliphatic rings. The van der Waals surface area contributed by atoms with Crippen LogP contribution in [0.1, 0.15) is 11.1 Å². The molecule has 2 aromatic rings. The monoisotopic (exact) mass is 213 g/mol. The number of hydrogen-bond donors (Lipinski definition) is 1. The van der Waals surface area contributed by atoms with Crippen molar-refractivity contribution in [2.75, 3.05) is 5.73 Å². The van der Waals surface area contributed by atoms with Gasteiger partial charge in [0.05, 0.1) is 18.9 Å². The first-order valence-corrected chi connectivity index (χ1v) is 5.10. The molecule has 4 nitrogen and oxygen atoms in total. The number of fused-ring (bicyclic) bond motifs is 1. The maximum atomic E-state index is 5.63. The number of nitrogens with two attached hydrogens (primary N) is 1. The molecule has 1 aromatic carbocycles. The van der Waals surface area contributed by atoms with E-state index in [0.717, 1.165) is 11.3 Å². The molecule has 0 fully saturated rings. The van der Waals surface area contributed by atoms with Crippen LogP contribution in [-0.4, -0.2) is 9.97 Å². The molecule has 1 aromatic heterocycles. The summed E-state index contributed by atoms with van der Waals surface area (Å²) >= 11 is 0. The molecule has 1 aliphatic heterocycles. The van der Waals surface area contributed by atoms with Crippen molar-refractivity contribution in [2.45, 2.75) is 13.2 Å². The van der Waals surface area contributed by atoms with Crippen LogP contribution in [0.2, 0.25) is 0 Å². The minimum absolute atomic E-state index is 0.488. The third-order valence-corrected chi connectivity index (χ3v) is 2.71. The van der Waals surface area contributed by atoms with Gasteiger partial charge in [0.25, 0.3) is 0 Å². The maximum Gasteiger partial charge on any atom is 0.127 e. The van der Waals surface area contributed by atoms with E-state index >= 15 is 0 Å². The van der Waals surface area contributed by atoms with Gasteiger partial charge in [0, 0.05) is 11.6 Å². The van der Waals surface area contributed by atoms with Gasteiger partial charge in [-0.2, -0.15) is 0 Å².